The lowest BCUT2D eigenvalue weighted by atomic mass is 9.90. The predicted octanol–water partition coefficient (Wildman–Crippen LogP) is 2.43. The number of amides is 1. The minimum Gasteiger partial charge on any atom is -0.342 e. The van der Waals surface area contributed by atoms with Crippen LogP contribution in [-0.4, -0.2) is 30.4 Å². The summed E-state index contributed by atoms with van der Waals surface area (Å²) in [4.78, 5) is 14.3. The molecule has 0 bridgehead atoms. The molecule has 1 unspecified atom stereocenters. The van der Waals surface area contributed by atoms with Crippen molar-refractivity contribution >= 4 is 5.91 Å². The quantitative estimate of drug-likeness (QED) is 0.916. The fourth-order valence-electron chi connectivity index (χ4n) is 2.93. The van der Waals surface area contributed by atoms with Crippen LogP contribution in [0.2, 0.25) is 0 Å². The second-order valence-electron chi connectivity index (χ2n) is 6.51. The average Bonchev–Trinajstić information content (AvgIpc) is 2.81. The minimum atomic E-state index is 0.120. The van der Waals surface area contributed by atoms with Gasteiger partial charge in [-0.05, 0) is 49.8 Å². The van der Waals surface area contributed by atoms with Gasteiger partial charge in [0.05, 0.1) is 0 Å². The van der Waals surface area contributed by atoms with Gasteiger partial charge in [-0.2, -0.15) is 0 Å². The Kier molecular flexibility index (Phi) is 4.48. The Balaban J connectivity index is 1.90. The van der Waals surface area contributed by atoms with Gasteiger partial charge < -0.3 is 10.6 Å². The number of carbonyl (C=O) groups excluding carboxylic acids is 1. The summed E-state index contributed by atoms with van der Waals surface area (Å²) >= 11 is 0. The molecule has 2 rings (SSSR count). The zero-order valence-corrected chi connectivity index (χ0v) is 12.9. The molecule has 20 heavy (non-hydrogen) atoms. The average molecular weight is 274 g/mol. The van der Waals surface area contributed by atoms with Crippen LogP contribution in [0.25, 0.3) is 0 Å². The standard InChI is InChI=1S/C17H26N2O/c1-13-4-5-15(14(2)10-13)6-7-16(20)19-9-8-17(3,11-18)12-19/h4-5,10H,6-9,11-12,18H2,1-3H3. The lowest BCUT2D eigenvalue weighted by Crippen LogP contribution is -2.34. The van der Waals surface area contributed by atoms with Gasteiger partial charge in [0.2, 0.25) is 5.91 Å². The van der Waals surface area contributed by atoms with Gasteiger partial charge in [-0.1, -0.05) is 30.7 Å². The van der Waals surface area contributed by atoms with Crippen LogP contribution in [0.4, 0.5) is 0 Å². The summed E-state index contributed by atoms with van der Waals surface area (Å²) in [5, 5.41) is 0. The zero-order valence-electron chi connectivity index (χ0n) is 12.9. The highest BCUT2D eigenvalue weighted by molar-refractivity contribution is 5.76. The molecule has 1 fully saturated rings. The molecule has 0 aliphatic carbocycles. The molecule has 0 aromatic heterocycles. The van der Waals surface area contributed by atoms with E-state index in [1.54, 1.807) is 0 Å². The van der Waals surface area contributed by atoms with Crippen LogP contribution in [0.3, 0.4) is 0 Å². The van der Waals surface area contributed by atoms with Crippen molar-refractivity contribution < 1.29 is 4.79 Å². The van der Waals surface area contributed by atoms with Gasteiger partial charge in [-0.25, -0.2) is 0 Å². The monoisotopic (exact) mass is 274 g/mol. The highest BCUT2D eigenvalue weighted by Gasteiger charge is 2.34. The number of rotatable bonds is 4. The zero-order chi connectivity index (χ0) is 14.8. The molecule has 3 nitrogen and oxygen atoms in total. The third-order valence-corrected chi connectivity index (χ3v) is 4.51. The fourth-order valence-corrected chi connectivity index (χ4v) is 2.93. The second kappa shape index (κ2) is 5.96. The number of hydrogen-bond acceptors (Lipinski definition) is 2. The first-order chi connectivity index (χ1) is 9.43. The number of nitrogens with zero attached hydrogens (tertiary/aromatic N) is 1. The van der Waals surface area contributed by atoms with Crippen LogP contribution in [0, 0.1) is 19.3 Å². The molecule has 1 amide bonds. The van der Waals surface area contributed by atoms with Gasteiger partial charge in [0.15, 0.2) is 0 Å². The first-order valence-corrected chi connectivity index (χ1v) is 7.47. The number of hydrogen-bond donors (Lipinski definition) is 1. The van der Waals surface area contributed by atoms with Crippen LogP contribution in [0.15, 0.2) is 18.2 Å². The molecule has 0 radical (unpaired) electrons. The van der Waals surface area contributed by atoms with E-state index >= 15 is 0 Å². The molecule has 1 aliphatic heterocycles. The molecule has 1 atom stereocenters. The summed E-state index contributed by atoms with van der Waals surface area (Å²) in [5.74, 6) is 0.266. The first kappa shape index (κ1) is 15.0. The summed E-state index contributed by atoms with van der Waals surface area (Å²) in [5.41, 5.74) is 9.75. The molecule has 1 aromatic rings. The number of nitrogens with two attached hydrogens (primary N) is 1. The molecule has 110 valence electrons. The SMILES string of the molecule is Cc1ccc(CCC(=O)N2CCC(C)(CN)C2)c(C)c1. The summed E-state index contributed by atoms with van der Waals surface area (Å²) in [6, 6.07) is 6.45. The number of likely N-dealkylation sites (tertiary alicyclic amines) is 1. The van der Waals surface area contributed by atoms with Gasteiger partial charge >= 0.3 is 0 Å². The molecule has 0 saturated carbocycles. The maximum absolute atomic E-state index is 12.3. The third kappa shape index (κ3) is 3.40. The molecule has 1 saturated heterocycles. The Morgan fingerprint density at radius 3 is 2.75 bits per heavy atom. The van der Waals surface area contributed by atoms with Crippen molar-refractivity contribution in [2.45, 2.75) is 40.0 Å². The lowest BCUT2D eigenvalue weighted by molar-refractivity contribution is -0.130. The lowest BCUT2D eigenvalue weighted by Gasteiger charge is -2.22. The summed E-state index contributed by atoms with van der Waals surface area (Å²) in [7, 11) is 0. The van der Waals surface area contributed by atoms with Crippen molar-refractivity contribution in [2.75, 3.05) is 19.6 Å². The highest BCUT2D eigenvalue weighted by Crippen LogP contribution is 2.29. The number of benzene rings is 1. The van der Waals surface area contributed by atoms with E-state index in [0.29, 0.717) is 13.0 Å². The maximum Gasteiger partial charge on any atom is 0.222 e. The van der Waals surface area contributed by atoms with Gasteiger partial charge in [0.25, 0.3) is 0 Å². The van der Waals surface area contributed by atoms with Crippen molar-refractivity contribution in [1.29, 1.82) is 0 Å². The number of carbonyl (C=O) groups is 1. The molecule has 0 spiro atoms. The van der Waals surface area contributed by atoms with Gasteiger partial charge in [-0.15, -0.1) is 0 Å². The van der Waals surface area contributed by atoms with Gasteiger partial charge in [-0.3, -0.25) is 4.79 Å². The van der Waals surface area contributed by atoms with E-state index in [0.717, 1.165) is 25.9 Å². The molecular formula is C17H26N2O. The summed E-state index contributed by atoms with van der Waals surface area (Å²) in [6.07, 6.45) is 2.46. The fraction of sp³-hybridized carbons (Fsp3) is 0.588. The van der Waals surface area contributed by atoms with E-state index < -0.39 is 0 Å². The van der Waals surface area contributed by atoms with Crippen LogP contribution in [0.1, 0.15) is 36.5 Å². The van der Waals surface area contributed by atoms with Crippen molar-refractivity contribution in [3.05, 3.63) is 34.9 Å². The molecule has 2 N–H and O–H groups in total. The highest BCUT2D eigenvalue weighted by atomic mass is 16.2. The van der Waals surface area contributed by atoms with E-state index in [-0.39, 0.29) is 11.3 Å². The second-order valence-corrected chi connectivity index (χ2v) is 6.51. The Morgan fingerprint density at radius 1 is 1.40 bits per heavy atom. The van der Waals surface area contributed by atoms with Crippen molar-refractivity contribution in [3.8, 4) is 0 Å². The molecule has 1 aliphatic rings. The van der Waals surface area contributed by atoms with E-state index in [2.05, 4.69) is 39.0 Å². The van der Waals surface area contributed by atoms with Crippen molar-refractivity contribution in [3.63, 3.8) is 0 Å². The topological polar surface area (TPSA) is 46.3 Å². The Morgan fingerprint density at radius 2 is 2.15 bits per heavy atom. The van der Waals surface area contributed by atoms with E-state index in [1.807, 2.05) is 4.90 Å². The van der Waals surface area contributed by atoms with Crippen LogP contribution >= 0.6 is 0 Å². The smallest absolute Gasteiger partial charge is 0.222 e. The Hall–Kier alpha value is -1.35. The van der Waals surface area contributed by atoms with Gasteiger partial charge in [0, 0.05) is 19.5 Å². The van der Waals surface area contributed by atoms with E-state index in [1.165, 1.54) is 16.7 Å². The summed E-state index contributed by atoms with van der Waals surface area (Å²) in [6.45, 7) is 8.72. The Bertz CT molecular complexity index is 498. The third-order valence-electron chi connectivity index (χ3n) is 4.51. The van der Waals surface area contributed by atoms with Gasteiger partial charge in [0.1, 0.15) is 0 Å². The van der Waals surface area contributed by atoms with E-state index in [4.69, 9.17) is 5.73 Å². The maximum atomic E-state index is 12.3. The normalized spacial score (nSPS) is 22.3. The van der Waals surface area contributed by atoms with Crippen molar-refractivity contribution in [1.82, 2.24) is 4.90 Å². The Labute approximate surface area is 122 Å². The minimum absolute atomic E-state index is 0.120. The first-order valence-electron chi connectivity index (χ1n) is 7.47. The van der Waals surface area contributed by atoms with Crippen molar-refractivity contribution in [2.24, 2.45) is 11.1 Å². The van der Waals surface area contributed by atoms with Crippen LogP contribution < -0.4 is 5.73 Å². The molecule has 1 heterocycles. The molecular weight excluding hydrogens is 248 g/mol. The largest absolute Gasteiger partial charge is 0.342 e. The predicted molar refractivity (Wildman–Crippen MR) is 82.6 cm³/mol. The number of aryl methyl sites for hydroxylation is 3. The molecule has 3 heteroatoms. The molecule has 1 aromatic carbocycles. The van der Waals surface area contributed by atoms with E-state index in [9.17, 15) is 4.79 Å². The summed E-state index contributed by atoms with van der Waals surface area (Å²) < 4.78 is 0. The van der Waals surface area contributed by atoms with Crippen LogP contribution in [0.5, 0.6) is 0 Å². The van der Waals surface area contributed by atoms with Crippen LogP contribution in [-0.2, 0) is 11.2 Å².